The van der Waals surface area contributed by atoms with Gasteiger partial charge in [-0.05, 0) is 63.3 Å². The van der Waals surface area contributed by atoms with Gasteiger partial charge in [0, 0.05) is 15.8 Å². The summed E-state index contributed by atoms with van der Waals surface area (Å²) in [5.41, 5.74) is 7.27. The second-order valence-corrected chi connectivity index (χ2v) is 6.85. The fraction of sp³-hybridized carbons (Fsp3) is 0.333. The smallest absolute Gasteiger partial charge is 0.0508 e. The number of nitrogens with two attached hydrogens (primary N) is 1. The monoisotopic (exact) mass is 336 g/mol. The third-order valence-corrected chi connectivity index (χ3v) is 5.76. The Bertz CT molecular complexity index is 579. The first-order valence-corrected chi connectivity index (χ1v) is 8.25. The molecule has 0 saturated heterocycles. The highest BCUT2D eigenvalue weighted by Crippen LogP contribution is 2.30. The average molecular weight is 337 g/mol. The van der Waals surface area contributed by atoms with Crippen LogP contribution in [0.3, 0.4) is 0 Å². The van der Waals surface area contributed by atoms with Gasteiger partial charge in [-0.15, -0.1) is 11.3 Å². The molecule has 0 amide bonds. The lowest BCUT2D eigenvalue weighted by atomic mass is 9.99. The molecule has 1 heterocycles. The maximum atomic E-state index is 5.76. The summed E-state index contributed by atoms with van der Waals surface area (Å²) < 4.78 is 1.18. The molecule has 3 N–H and O–H groups in total. The first-order valence-electron chi connectivity index (χ1n) is 6.57. The molecular formula is C15H17BrN2S. The molecule has 0 fully saturated rings. The van der Waals surface area contributed by atoms with Gasteiger partial charge in [0.05, 0.1) is 6.04 Å². The molecule has 3 rings (SSSR count). The van der Waals surface area contributed by atoms with Gasteiger partial charge in [0.1, 0.15) is 0 Å². The van der Waals surface area contributed by atoms with E-state index >= 15 is 0 Å². The van der Waals surface area contributed by atoms with Gasteiger partial charge in [-0.25, -0.2) is 0 Å². The summed E-state index contributed by atoms with van der Waals surface area (Å²) in [5.74, 6) is 5.76. The van der Waals surface area contributed by atoms with E-state index in [4.69, 9.17) is 5.84 Å². The second kappa shape index (κ2) is 5.75. The summed E-state index contributed by atoms with van der Waals surface area (Å²) in [7, 11) is 0. The summed E-state index contributed by atoms with van der Waals surface area (Å²) in [6, 6.07) is 9.09. The number of hydrazine groups is 1. The number of benzene rings is 1. The van der Waals surface area contributed by atoms with Crippen LogP contribution in [-0.2, 0) is 19.3 Å². The highest BCUT2D eigenvalue weighted by atomic mass is 79.9. The molecule has 4 heteroatoms. The molecule has 1 atom stereocenters. The van der Waals surface area contributed by atoms with Crippen LogP contribution in [0.4, 0.5) is 0 Å². The lowest BCUT2D eigenvalue weighted by Crippen LogP contribution is -2.29. The number of fused-ring (bicyclic) bond motifs is 1. The Morgan fingerprint density at radius 1 is 1.26 bits per heavy atom. The first kappa shape index (κ1) is 13.3. The minimum atomic E-state index is 0.181. The molecule has 2 aromatic rings. The second-order valence-electron chi connectivity index (χ2n) is 5.00. The van der Waals surface area contributed by atoms with E-state index in [9.17, 15) is 0 Å². The third-order valence-electron chi connectivity index (χ3n) is 3.81. The van der Waals surface area contributed by atoms with Crippen molar-refractivity contribution in [2.75, 3.05) is 0 Å². The Morgan fingerprint density at radius 2 is 2.11 bits per heavy atom. The Morgan fingerprint density at radius 3 is 2.84 bits per heavy atom. The van der Waals surface area contributed by atoms with E-state index in [0.29, 0.717) is 0 Å². The zero-order valence-corrected chi connectivity index (χ0v) is 13.1. The quantitative estimate of drug-likeness (QED) is 0.659. The minimum Gasteiger partial charge on any atom is -0.271 e. The van der Waals surface area contributed by atoms with Crippen LogP contribution in [0.5, 0.6) is 0 Å². The van der Waals surface area contributed by atoms with Crippen LogP contribution in [0.25, 0.3) is 0 Å². The molecule has 1 aromatic heterocycles. The predicted molar refractivity (Wildman–Crippen MR) is 84.3 cm³/mol. The maximum absolute atomic E-state index is 5.76. The van der Waals surface area contributed by atoms with Crippen molar-refractivity contribution in [3.63, 3.8) is 0 Å². The summed E-state index contributed by atoms with van der Waals surface area (Å²) in [5, 5.41) is 2.11. The van der Waals surface area contributed by atoms with Crippen molar-refractivity contribution in [2.45, 2.75) is 31.7 Å². The molecule has 0 spiro atoms. The van der Waals surface area contributed by atoms with Crippen molar-refractivity contribution >= 4 is 27.3 Å². The van der Waals surface area contributed by atoms with Gasteiger partial charge in [-0.3, -0.25) is 11.3 Å². The number of thiophene rings is 1. The fourth-order valence-electron chi connectivity index (χ4n) is 2.74. The standard InChI is InChI=1S/C15H17BrN2S/c16-13-6-7-19-15(13)9-14(18-17)12-5-4-10-2-1-3-11(10)8-12/h4-8,14,18H,1-3,9,17H2. The third kappa shape index (κ3) is 2.77. The zero-order chi connectivity index (χ0) is 13.2. The Balaban J connectivity index is 1.84. The van der Waals surface area contributed by atoms with Crippen LogP contribution in [-0.4, -0.2) is 0 Å². The minimum absolute atomic E-state index is 0.181. The summed E-state index contributed by atoms with van der Waals surface area (Å²) >= 11 is 5.36. The first-order chi connectivity index (χ1) is 9.28. The van der Waals surface area contributed by atoms with Gasteiger partial charge in [-0.1, -0.05) is 18.2 Å². The van der Waals surface area contributed by atoms with Crippen LogP contribution >= 0.6 is 27.3 Å². The molecule has 1 unspecified atom stereocenters. The van der Waals surface area contributed by atoms with Crippen molar-refractivity contribution in [1.29, 1.82) is 0 Å². The zero-order valence-electron chi connectivity index (χ0n) is 10.7. The number of nitrogens with one attached hydrogen (secondary N) is 1. The summed E-state index contributed by atoms with van der Waals surface area (Å²) in [6.45, 7) is 0. The van der Waals surface area contributed by atoms with E-state index in [2.05, 4.69) is 51.0 Å². The number of rotatable bonds is 4. The van der Waals surface area contributed by atoms with Crippen LogP contribution in [0.2, 0.25) is 0 Å². The van der Waals surface area contributed by atoms with Crippen molar-refractivity contribution in [1.82, 2.24) is 5.43 Å². The van der Waals surface area contributed by atoms with Crippen LogP contribution < -0.4 is 11.3 Å². The van der Waals surface area contributed by atoms with Gasteiger partial charge in [0.2, 0.25) is 0 Å². The number of aryl methyl sites for hydroxylation is 2. The van der Waals surface area contributed by atoms with Crippen molar-refractivity contribution in [3.8, 4) is 0 Å². The molecule has 19 heavy (non-hydrogen) atoms. The normalized spacial score (nSPS) is 15.5. The highest BCUT2D eigenvalue weighted by Gasteiger charge is 2.17. The van der Waals surface area contributed by atoms with Gasteiger partial charge in [0.25, 0.3) is 0 Å². The van der Waals surface area contributed by atoms with E-state index in [1.807, 2.05) is 0 Å². The summed E-state index contributed by atoms with van der Waals surface area (Å²) in [6.07, 6.45) is 4.65. The predicted octanol–water partition coefficient (Wildman–Crippen LogP) is 3.75. The van der Waals surface area contributed by atoms with E-state index in [1.54, 1.807) is 11.3 Å². The molecule has 100 valence electrons. The number of hydrogen-bond donors (Lipinski definition) is 2. The molecule has 2 nitrogen and oxygen atoms in total. The van der Waals surface area contributed by atoms with Gasteiger partial charge >= 0.3 is 0 Å². The Kier molecular flexibility index (Phi) is 4.03. The van der Waals surface area contributed by atoms with Crippen molar-refractivity contribution < 1.29 is 0 Å². The number of hydrogen-bond acceptors (Lipinski definition) is 3. The Labute approximate surface area is 126 Å². The van der Waals surface area contributed by atoms with Gasteiger partial charge < -0.3 is 0 Å². The van der Waals surface area contributed by atoms with Gasteiger partial charge in [-0.2, -0.15) is 0 Å². The lowest BCUT2D eigenvalue weighted by molar-refractivity contribution is 0.554. The molecule has 1 aliphatic rings. The van der Waals surface area contributed by atoms with Crippen molar-refractivity contribution in [2.24, 2.45) is 5.84 Å². The Hall–Kier alpha value is -0.680. The average Bonchev–Trinajstić information content (AvgIpc) is 3.04. The number of halogens is 1. The van der Waals surface area contributed by atoms with Crippen LogP contribution in [0, 0.1) is 0 Å². The molecule has 1 aliphatic carbocycles. The van der Waals surface area contributed by atoms with Crippen LogP contribution in [0.15, 0.2) is 34.1 Å². The molecule has 1 aromatic carbocycles. The topological polar surface area (TPSA) is 38.0 Å². The van der Waals surface area contributed by atoms with E-state index < -0.39 is 0 Å². The molecular weight excluding hydrogens is 320 g/mol. The molecule has 0 bridgehead atoms. The fourth-order valence-corrected chi connectivity index (χ4v) is 4.30. The SMILES string of the molecule is NNC(Cc1sccc1Br)c1ccc2c(c1)CCC2. The van der Waals surface area contributed by atoms with Crippen LogP contribution in [0.1, 0.15) is 34.0 Å². The van der Waals surface area contributed by atoms with E-state index in [0.717, 1.165) is 6.42 Å². The molecule has 0 radical (unpaired) electrons. The lowest BCUT2D eigenvalue weighted by Gasteiger charge is -2.17. The maximum Gasteiger partial charge on any atom is 0.0508 e. The summed E-state index contributed by atoms with van der Waals surface area (Å²) in [4.78, 5) is 1.34. The van der Waals surface area contributed by atoms with Gasteiger partial charge in [0.15, 0.2) is 0 Å². The largest absolute Gasteiger partial charge is 0.271 e. The molecule has 0 aliphatic heterocycles. The molecule has 0 saturated carbocycles. The van der Waals surface area contributed by atoms with E-state index in [1.165, 1.54) is 45.3 Å². The highest BCUT2D eigenvalue weighted by molar-refractivity contribution is 9.10. The van der Waals surface area contributed by atoms with E-state index in [-0.39, 0.29) is 6.04 Å². The van der Waals surface area contributed by atoms with Crippen molar-refractivity contribution in [3.05, 3.63) is 55.7 Å².